The number of aromatic nitrogens is 3. The molecule has 0 amide bonds. The minimum absolute atomic E-state index is 0.582. The maximum absolute atomic E-state index is 9.33. The fraction of sp³-hybridized carbons (Fsp3) is 0.286. The Kier molecular flexibility index (Phi) is 4.11. The first-order chi connectivity index (χ1) is 8.78. The second-order valence-electron chi connectivity index (χ2n) is 3.98. The largest absolute Gasteiger partial charge is 0.380 e. The summed E-state index contributed by atoms with van der Waals surface area (Å²) < 4.78 is 1.73. The minimum atomic E-state index is -0.593. The number of hydrogen-bond donors (Lipinski definition) is 1. The van der Waals surface area contributed by atoms with E-state index in [9.17, 15) is 5.11 Å². The molecule has 1 aromatic heterocycles. The van der Waals surface area contributed by atoms with Crippen LogP contribution in [0.4, 0.5) is 0 Å². The van der Waals surface area contributed by atoms with E-state index in [2.05, 4.69) is 22.2 Å². The molecule has 2 rings (SSSR count). The van der Waals surface area contributed by atoms with Gasteiger partial charge >= 0.3 is 0 Å². The molecule has 4 heteroatoms. The van der Waals surface area contributed by atoms with Gasteiger partial charge in [-0.3, -0.25) is 0 Å². The van der Waals surface area contributed by atoms with Crippen molar-refractivity contribution in [1.82, 2.24) is 15.0 Å². The third-order valence-electron chi connectivity index (χ3n) is 2.48. The SMILES string of the molecule is CCC(O)C#Cc1cn(Cc2ccccc2)nn1. The van der Waals surface area contributed by atoms with Gasteiger partial charge in [0.1, 0.15) is 6.10 Å². The Bertz CT molecular complexity index is 551. The fourth-order valence-corrected chi connectivity index (χ4v) is 1.46. The molecule has 0 radical (unpaired) electrons. The van der Waals surface area contributed by atoms with Crippen molar-refractivity contribution in [2.24, 2.45) is 0 Å². The van der Waals surface area contributed by atoms with Gasteiger partial charge in [0.15, 0.2) is 5.69 Å². The molecule has 18 heavy (non-hydrogen) atoms. The molecular weight excluding hydrogens is 226 g/mol. The highest BCUT2D eigenvalue weighted by molar-refractivity contribution is 5.25. The van der Waals surface area contributed by atoms with Crippen LogP contribution in [-0.2, 0) is 6.54 Å². The Hall–Kier alpha value is -2.12. The summed E-state index contributed by atoms with van der Waals surface area (Å²) in [6, 6.07) is 10.0. The summed E-state index contributed by atoms with van der Waals surface area (Å²) in [7, 11) is 0. The maximum Gasteiger partial charge on any atom is 0.155 e. The molecule has 0 fully saturated rings. The van der Waals surface area contributed by atoms with Crippen LogP contribution in [0.25, 0.3) is 0 Å². The van der Waals surface area contributed by atoms with Crippen molar-refractivity contribution in [2.75, 3.05) is 0 Å². The highest BCUT2D eigenvalue weighted by Crippen LogP contribution is 2.01. The van der Waals surface area contributed by atoms with E-state index in [0.29, 0.717) is 18.7 Å². The van der Waals surface area contributed by atoms with Crippen molar-refractivity contribution in [3.8, 4) is 11.8 Å². The molecule has 0 saturated heterocycles. The van der Waals surface area contributed by atoms with Gasteiger partial charge in [0.05, 0.1) is 12.7 Å². The van der Waals surface area contributed by atoms with Crippen LogP contribution in [0.3, 0.4) is 0 Å². The second kappa shape index (κ2) is 5.99. The summed E-state index contributed by atoms with van der Waals surface area (Å²) in [5.74, 6) is 5.52. The Labute approximate surface area is 106 Å². The fourth-order valence-electron chi connectivity index (χ4n) is 1.46. The van der Waals surface area contributed by atoms with E-state index in [0.717, 1.165) is 5.56 Å². The van der Waals surface area contributed by atoms with Crippen LogP contribution >= 0.6 is 0 Å². The number of aliphatic hydroxyl groups excluding tert-OH is 1. The number of nitrogens with zero attached hydrogens (tertiary/aromatic N) is 3. The predicted octanol–water partition coefficient (Wildman–Crippen LogP) is 1.45. The van der Waals surface area contributed by atoms with Crippen molar-refractivity contribution in [3.05, 3.63) is 47.8 Å². The molecule has 1 heterocycles. The summed E-state index contributed by atoms with van der Waals surface area (Å²) in [5.41, 5.74) is 1.74. The van der Waals surface area contributed by atoms with Crippen molar-refractivity contribution < 1.29 is 5.11 Å². The molecule has 1 atom stereocenters. The van der Waals surface area contributed by atoms with E-state index in [4.69, 9.17) is 0 Å². The lowest BCUT2D eigenvalue weighted by Gasteiger charge is -1.98. The number of rotatable bonds is 3. The molecule has 0 spiro atoms. The zero-order valence-corrected chi connectivity index (χ0v) is 10.2. The molecule has 4 nitrogen and oxygen atoms in total. The first-order valence-corrected chi connectivity index (χ1v) is 5.91. The van der Waals surface area contributed by atoms with E-state index < -0.39 is 6.10 Å². The molecule has 0 saturated carbocycles. The third-order valence-corrected chi connectivity index (χ3v) is 2.48. The van der Waals surface area contributed by atoms with Gasteiger partial charge in [-0.15, -0.1) is 5.10 Å². The highest BCUT2D eigenvalue weighted by atomic mass is 16.3. The summed E-state index contributed by atoms with van der Waals surface area (Å²) in [6.07, 6.45) is 1.80. The average Bonchev–Trinajstić information content (AvgIpc) is 2.85. The van der Waals surface area contributed by atoms with Gasteiger partial charge in [0.2, 0.25) is 0 Å². The summed E-state index contributed by atoms with van der Waals surface area (Å²) in [4.78, 5) is 0. The number of hydrogen-bond acceptors (Lipinski definition) is 3. The highest BCUT2D eigenvalue weighted by Gasteiger charge is 1.99. The Morgan fingerprint density at radius 2 is 2.11 bits per heavy atom. The van der Waals surface area contributed by atoms with Crippen LogP contribution in [0.15, 0.2) is 36.5 Å². The van der Waals surface area contributed by atoms with Crippen LogP contribution in [0.1, 0.15) is 24.6 Å². The van der Waals surface area contributed by atoms with Gasteiger partial charge in [-0.05, 0) is 17.9 Å². The summed E-state index contributed by atoms with van der Waals surface area (Å²) >= 11 is 0. The van der Waals surface area contributed by atoms with Gasteiger partial charge in [0.25, 0.3) is 0 Å². The van der Waals surface area contributed by atoms with E-state index >= 15 is 0 Å². The normalized spacial score (nSPS) is 11.7. The van der Waals surface area contributed by atoms with Crippen LogP contribution in [0, 0.1) is 11.8 Å². The van der Waals surface area contributed by atoms with Gasteiger partial charge in [-0.1, -0.05) is 48.4 Å². The van der Waals surface area contributed by atoms with Crippen molar-refractivity contribution in [1.29, 1.82) is 0 Å². The Morgan fingerprint density at radius 3 is 2.83 bits per heavy atom. The van der Waals surface area contributed by atoms with Crippen LogP contribution in [0.5, 0.6) is 0 Å². The first kappa shape index (κ1) is 12.3. The van der Waals surface area contributed by atoms with E-state index in [1.807, 2.05) is 37.3 Å². The molecule has 0 aliphatic rings. The van der Waals surface area contributed by atoms with Gasteiger partial charge in [-0.2, -0.15) is 0 Å². The molecule has 0 bridgehead atoms. The van der Waals surface area contributed by atoms with E-state index in [1.165, 1.54) is 0 Å². The zero-order chi connectivity index (χ0) is 12.8. The minimum Gasteiger partial charge on any atom is -0.380 e. The van der Waals surface area contributed by atoms with Crippen molar-refractivity contribution in [2.45, 2.75) is 26.0 Å². The van der Waals surface area contributed by atoms with E-state index in [1.54, 1.807) is 10.9 Å². The summed E-state index contributed by atoms with van der Waals surface area (Å²) in [5, 5.41) is 17.3. The quantitative estimate of drug-likeness (QED) is 0.827. The number of benzene rings is 1. The van der Waals surface area contributed by atoms with Crippen LogP contribution in [0.2, 0.25) is 0 Å². The topological polar surface area (TPSA) is 50.9 Å². The molecule has 1 unspecified atom stereocenters. The molecule has 1 N–H and O–H groups in total. The van der Waals surface area contributed by atoms with Crippen molar-refractivity contribution in [3.63, 3.8) is 0 Å². The predicted molar refractivity (Wildman–Crippen MR) is 68.7 cm³/mol. The van der Waals surface area contributed by atoms with Gasteiger partial charge < -0.3 is 5.11 Å². The van der Waals surface area contributed by atoms with Crippen molar-refractivity contribution >= 4 is 0 Å². The lowest BCUT2D eigenvalue weighted by Crippen LogP contribution is -1.99. The lowest BCUT2D eigenvalue weighted by atomic mass is 10.2. The van der Waals surface area contributed by atoms with Gasteiger partial charge in [0, 0.05) is 0 Å². The molecule has 0 aliphatic carbocycles. The maximum atomic E-state index is 9.33. The van der Waals surface area contributed by atoms with Crippen LogP contribution < -0.4 is 0 Å². The average molecular weight is 241 g/mol. The molecular formula is C14H15N3O. The molecule has 1 aromatic carbocycles. The van der Waals surface area contributed by atoms with E-state index in [-0.39, 0.29) is 0 Å². The van der Waals surface area contributed by atoms with Crippen LogP contribution in [-0.4, -0.2) is 26.2 Å². The molecule has 2 aromatic rings. The Balaban J connectivity index is 2.04. The zero-order valence-electron chi connectivity index (χ0n) is 10.2. The lowest BCUT2D eigenvalue weighted by molar-refractivity contribution is 0.228. The Morgan fingerprint density at radius 1 is 1.33 bits per heavy atom. The molecule has 92 valence electrons. The monoisotopic (exact) mass is 241 g/mol. The smallest absolute Gasteiger partial charge is 0.155 e. The first-order valence-electron chi connectivity index (χ1n) is 5.91. The third kappa shape index (κ3) is 3.44. The second-order valence-corrected chi connectivity index (χ2v) is 3.98. The number of aliphatic hydroxyl groups is 1. The molecule has 0 aliphatic heterocycles. The standard InChI is InChI=1S/C14H15N3O/c1-2-14(18)9-8-13-11-17(16-15-13)10-12-6-4-3-5-7-12/h3-7,11,14,18H,2,10H2,1H3. The summed E-state index contributed by atoms with van der Waals surface area (Å²) in [6.45, 7) is 2.55. The van der Waals surface area contributed by atoms with Gasteiger partial charge in [-0.25, -0.2) is 4.68 Å².